The highest BCUT2D eigenvalue weighted by atomic mass is 16.3. The Kier molecular flexibility index (Phi) is 5.04. The van der Waals surface area contributed by atoms with Crippen LogP contribution in [0, 0.1) is 5.92 Å². The van der Waals surface area contributed by atoms with Crippen LogP contribution >= 0.6 is 0 Å². The number of nitrogens with zero attached hydrogens (tertiary/aromatic N) is 2. The van der Waals surface area contributed by atoms with E-state index in [0.29, 0.717) is 12.0 Å². The SMILES string of the molecule is CC(C)n1cc2cc(NC(=O)NC3CCC(CO)CC3)ccc2n1. The van der Waals surface area contributed by atoms with Crippen molar-refractivity contribution in [1.82, 2.24) is 15.1 Å². The van der Waals surface area contributed by atoms with Crippen LogP contribution in [0.5, 0.6) is 0 Å². The molecule has 130 valence electrons. The quantitative estimate of drug-likeness (QED) is 0.805. The molecular formula is C18H26N4O2. The number of benzene rings is 1. The van der Waals surface area contributed by atoms with E-state index in [1.807, 2.05) is 29.1 Å². The Balaban J connectivity index is 1.59. The van der Waals surface area contributed by atoms with Crippen LogP contribution in [-0.2, 0) is 0 Å². The molecule has 0 aliphatic heterocycles. The van der Waals surface area contributed by atoms with Gasteiger partial charge in [0.15, 0.2) is 0 Å². The molecule has 0 bridgehead atoms. The highest BCUT2D eigenvalue weighted by Gasteiger charge is 2.21. The van der Waals surface area contributed by atoms with Crippen LogP contribution in [0.2, 0.25) is 0 Å². The molecule has 1 aromatic carbocycles. The monoisotopic (exact) mass is 330 g/mol. The fraction of sp³-hybridized carbons (Fsp3) is 0.556. The molecule has 3 N–H and O–H groups in total. The first-order valence-corrected chi connectivity index (χ1v) is 8.72. The zero-order valence-corrected chi connectivity index (χ0v) is 14.3. The molecule has 2 amide bonds. The van der Waals surface area contributed by atoms with Crippen LogP contribution in [0.25, 0.3) is 10.9 Å². The zero-order valence-electron chi connectivity index (χ0n) is 14.3. The van der Waals surface area contributed by atoms with Crippen molar-refractivity contribution in [3.63, 3.8) is 0 Å². The van der Waals surface area contributed by atoms with Gasteiger partial charge in [-0.1, -0.05) is 0 Å². The minimum Gasteiger partial charge on any atom is -0.396 e. The molecule has 1 heterocycles. The maximum Gasteiger partial charge on any atom is 0.319 e. The van der Waals surface area contributed by atoms with Crippen LogP contribution in [0.15, 0.2) is 24.4 Å². The van der Waals surface area contributed by atoms with Gasteiger partial charge in [0.2, 0.25) is 0 Å². The predicted octanol–water partition coefficient (Wildman–Crippen LogP) is 3.29. The van der Waals surface area contributed by atoms with Gasteiger partial charge < -0.3 is 15.7 Å². The molecule has 1 aliphatic carbocycles. The van der Waals surface area contributed by atoms with E-state index in [9.17, 15) is 4.79 Å². The first kappa shape index (κ1) is 16.8. The Labute approximate surface area is 142 Å². The highest BCUT2D eigenvalue weighted by Crippen LogP contribution is 2.24. The third-order valence-corrected chi connectivity index (χ3v) is 4.75. The molecule has 0 radical (unpaired) electrons. The molecule has 3 rings (SSSR count). The van der Waals surface area contributed by atoms with Gasteiger partial charge in [0.1, 0.15) is 0 Å². The summed E-state index contributed by atoms with van der Waals surface area (Å²) >= 11 is 0. The molecule has 0 atom stereocenters. The number of aliphatic hydroxyl groups is 1. The first-order chi connectivity index (χ1) is 11.5. The first-order valence-electron chi connectivity index (χ1n) is 8.72. The smallest absolute Gasteiger partial charge is 0.319 e. The van der Waals surface area contributed by atoms with Crippen molar-refractivity contribution >= 4 is 22.6 Å². The van der Waals surface area contributed by atoms with E-state index < -0.39 is 0 Å². The minimum absolute atomic E-state index is 0.168. The number of urea groups is 1. The Bertz CT molecular complexity index is 702. The number of amides is 2. The number of aromatic nitrogens is 2. The van der Waals surface area contributed by atoms with E-state index in [0.717, 1.165) is 42.3 Å². The average Bonchev–Trinajstić information content (AvgIpc) is 2.99. The molecule has 24 heavy (non-hydrogen) atoms. The lowest BCUT2D eigenvalue weighted by atomic mass is 9.87. The fourth-order valence-electron chi connectivity index (χ4n) is 3.23. The van der Waals surface area contributed by atoms with E-state index in [-0.39, 0.29) is 18.7 Å². The van der Waals surface area contributed by atoms with Crippen molar-refractivity contribution in [1.29, 1.82) is 0 Å². The number of anilines is 1. The molecule has 1 fully saturated rings. The van der Waals surface area contributed by atoms with E-state index in [4.69, 9.17) is 5.11 Å². The van der Waals surface area contributed by atoms with E-state index >= 15 is 0 Å². The van der Waals surface area contributed by atoms with E-state index in [2.05, 4.69) is 29.6 Å². The Hall–Kier alpha value is -2.08. The molecule has 0 saturated heterocycles. The second-order valence-corrected chi connectivity index (χ2v) is 6.98. The van der Waals surface area contributed by atoms with Gasteiger partial charge >= 0.3 is 6.03 Å². The molecule has 6 heteroatoms. The predicted molar refractivity (Wildman–Crippen MR) is 95.1 cm³/mol. The van der Waals surface area contributed by atoms with Crippen LogP contribution < -0.4 is 10.6 Å². The van der Waals surface area contributed by atoms with Crippen molar-refractivity contribution in [3.05, 3.63) is 24.4 Å². The third-order valence-electron chi connectivity index (χ3n) is 4.75. The fourth-order valence-corrected chi connectivity index (χ4v) is 3.23. The van der Waals surface area contributed by atoms with Gasteiger partial charge in [-0.05, 0) is 63.6 Å². The number of aliphatic hydroxyl groups excluding tert-OH is 1. The van der Waals surface area contributed by atoms with Crippen molar-refractivity contribution in [2.75, 3.05) is 11.9 Å². The van der Waals surface area contributed by atoms with Crippen LogP contribution in [0.1, 0.15) is 45.6 Å². The topological polar surface area (TPSA) is 79.2 Å². The lowest BCUT2D eigenvalue weighted by molar-refractivity contribution is 0.176. The average molecular weight is 330 g/mol. The largest absolute Gasteiger partial charge is 0.396 e. The summed E-state index contributed by atoms with van der Waals surface area (Å²) in [6.07, 6.45) is 5.81. The van der Waals surface area contributed by atoms with Gasteiger partial charge in [-0.2, -0.15) is 5.10 Å². The van der Waals surface area contributed by atoms with Gasteiger partial charge in [0, 0.05) is 36.0 Å². The normalized spacial score (nSPS) is 21.2. The van der Waals surface area contributed by atoms with Gasteiger partial charge in [-0.25, -0.2) is 4.79 Å². The number of nitrogens with one attached hydrogen (secondary N) is 2. The maximum absolute atomic E-state index is 12.2. The molecule has 0 unspecified atom stereocenters. The number of carbonyl (C=O) groups excluding carboxylic acids is 1. The lowest BCUT2D eigenvalue weighted by Crippen LogP contribution is -2.40. The van der Waals surface area contributed by atoms with Gasteiger partial charge in [0.05, 0.1) is 5.52 Å². The summed E-state index contributed by atoms with van der Waals surface area (Å²) in [5.74, 6) is 0.394. The maximum atomic E-state index is 12.2. The van der Waals surface area contributed by atoms with Crippen molar-refractivity contribution in [2.45, 2.75) is 51.6 Å². The number of hydrogen-bond acceptors (Lipinski definition) is 3. The molecule has 1 aromatic heterocycles. The van der Waals surface area contributed by atoms with E-state index in [1.54, 1.807) is 0 Å². The van der Waals surface area contributed by atoms with Crippen molar-refractivity contribution in [2.24, 2.45) is 5.92 Å². The summed E-state index contributed by atoms with van der Waals surface area (Å²) < 4.78 is 1.92. The molecule has 1 saturated carbocycles. The van der Waals surface area contributed by atoms with Crippen LogP contribution in [0.3, 0.4) is 0 Å². The standard InChI is InChI=1S/C18H26N4O2/c1-12(2)22-10-14-9-16(7-8-17(14)21-22)20-18(24)19-15-5-3-13(11-23)4-6-15/h7-10,12-13,15,23H,3-6,11H2,1-2H3,(H2,19,20,24). The highest BCUT2D eigenvalue weighted by molar-refractivity contribution is 5.92. The molecule has 0 spiro atoms. The minimum atomic E-state index is -0.168. The molecular weight excluding hydrogens is 304 g/mol. The van der Waals surface area contributed by atoms with Gasteiger partial charge in [-0.3, -0.25) is 4.68 Å². The number of fused-ring (bicyclic) bond motifs is 1. The second-order valence-electron chi connectivity index (χ2n) is 6.98. The number of carbonyl (C=O) groups is 1. The summed E-state index contributed by atoms with van der Waals surface area (Å²) in [4.78, 5) is 12.2. The summed E-state index contributed by atoms with van der Waals surface area (Å²) in [5, 5.41) is 20.6. The molecule has 1 aliphatic rings. The van der Waals surface area contributed by atoms with Gasteiger partial charge in [-0.15, -0.1) is 0 Å². The van der Waals surface area contributed by atoms with E-state index in [1.165, 1.54) is 0 Å². The Morgan fingerprint density at radius 1 is 1.33 bits per heavy atom. The van der Waals surface area contributed by atoms with Crippen LogP contribution in [0.4, 0.5) is 10.5 Å². The third kappa shape index (κ3) is 3.87. The summed E-state index contributed by atoms with van der Waals surface area (Å²) in [7, 11) is 0. The second kappa shape index (κ2) is 7.21. The summed E-state index contributed by atoms with van der Waals surface area (Å²) in [6, 6.07) is 6.09. The number of rotatable bonds is 4. The molecule has 6 nitrogen and oxygen atoms in total. The van der Waals surface area contributed by atoms with Crippen LogP contribution in [-0.4, -0.2) is 33.6 Å². The van der Waals surface area contributed by atoms with Crippen molar-refractivity contribution < 1.29 is 9.90 Å². The Morgan fingerprint density at radius 3 is 2.75 bits per heavy atom. The number of hydrogen-bond donors (Lipinski definition) is 3. The Morgan fingerprint density at radius 2 is 2.08 bits per heavy atom. The van der Waals surface area contributed by atoms with Gasteiger partial charge in [0.25, 0.3) is 0 Å². The molecule has 2 aromatic rings. The summed E-state index contributed by atoms with van der Waals surface area (Å²) in [5.41, 5.74) is 1.70. The lowest BCUT2D eigenvalue weighted by Gasteiger charge is -2.27. The zero-order chi connectivity index (χ0) is 17.1. The van der Waals surface area contributed by atoms with Crippen molar-refractivity contribution in [3.8, 4) is 0 Å². The summed E-state index contributed by atoms with van der Waals surface area (Å²) in [6.45, 7) is 4.43.